The van der Waals surface area contributed by atoms with Crippen molar-refractivity contribution in [2.24, 2.45) is 5.92 Å². The summed E-state index contributed by atoms with van der Waals surface area (Å²) in [5.41, 5.74) is 0. The molecule has 0 heterocycles. The van der Waals surface area contributed by atoms with Gasteiger partial charge in [-0.1, -0.05) is 13.8 Å². The summed E-state index contributed by atoms with van der Waals surface area (Å²) in [5, 5.41) is 19.3. The van der Waals surface area contributed by atoms with Crippen LogP contribution in [-0.4, -0.2) is 35.1 Å². The average molecular weight is 444 g/mol. The highest BCUT2D eigenvalue weighted by molar-refractivity contribution is 14.1. The zero-order valence-corrected chi connectivity index (χ0v) is 13.2. The summed E-state index contributed by atoms with van der Waals surface area (Å²) in [4.78, 5) is 0. The first-order valence-electron chi connectivity index (χ1n) is 4.88. The third-order valence-corrected chi connectivity index (χ3v) is 3.03. The van der Waals surface area contributed by atoms with Gasteiger partial charge in [-0.25, -0.2) is 0 Å². The Morgan fingerprint density at radius 2 is 1.73 bits per heavy atom. The molecule has 0 fully saturated rings. The molecule has 2 N–H and O–H groups in total. The van der Waals surface area contributed by atoms with E-state index in [1.54, 1.807) is 46.0 Å². The minimum absolute atomic E-state index is 0.227. The molecule has 0 saturated carbocycles. The normalized spacial score (nSPS) is 17.8. The van der Waals surface area contributed by atoms with Crippen molar-refractivity contribution in [2.45, 2.75) is 45.0 Å². The SMILES string of the molecule is CC(C)CC(OI)C(O)CC(O)COI. The largest absolute Gasteiger partial charge is 0.391 e. The molecule has 0 rings (SSSR count). The molecule has 0 bridgehead atoms. The van der Waals surface area contributed by atoms with Crippen LogP contribution in [0.4, 0.5) is 0 Å². The number of hydrogen-bond donors (Lipinski definition) is 2. The van der Waals surface area contributed by atoms with Crippen LogP contribution in [-0.2, 0) is 6.13 Å². The summed E-state index contributed by atoms with van der Waals surface area (Å²) in [6, 6.07) is 0. The standard InChI is InChI=1S/C9H18I2O4/c1-6(2)3-9(15-11)8(13)4-7(12)5-14-10/h6-9,12-13H,3-5H2,1-2H3. The average Bonchev–Trinajstić information content (AvgIpc) is 2.13. The van der Waals surface area contributed by atoms with E-state index >= 15 is 0 Å². The lowest BCUT2D eigenvalue weighted by Crippen LogP contribution is -2.32. The number of hydrogen-bond acceptors (Lipinski definition) is 4. The summed E-state index contributed by atoms with van der Waals surface area (Å²) in [6.45, 7) is 4.37. The maximum atomic E-state index is 9.81. The molecule has 0 amide bonds. The van der Waals surface area contributed by atoms with Crippen molar-refractivity contribution in [3.63, 3.8) is 0 Å². The third kappa shape index (κ3) is 8.08. The van der Waals surface area contributed by atoms with Crippen LogP contribution in [0, 0.1) is 5.92 Å². The zero-order valence-electron chi connectivity index (χ0n) is 8.90. The molecule has 4 nitrogen and oxygen atoms in total. The van der Waals surface area contributed by atoms with Gasteiger partial charge in [-0.2, -0.15) is 0 Å². The Hall–Kier alpha value is 1.30. The molecule has 0 aliphatic rings. The van der Waals surface area contributed by atoms with Crippen LogP contribution in [0.2, 0.25) is 0 Å². The van der Waals surface area contributed by atoms with Gasteiger partial charge in [0.15, 0.2) is 0 Å². The summed E-state index contributed by atoms with van der Waals surface area (Å²) in [6.07, 6.45) is -0.455. The molecule has 0 aromatic rings. The molecule has 3 unspecified atom stereocenters. The Morgan fingerprint density at radius 3 is 2.13 bits per heavy atom. The monoisotopic (exact) mass is 444 g/mol. The minimum Gasteiger partial charge on any atom is -0.391 e. The van der Waals surface area contributed by atoms with Gasteiger partial charge in [0.1, 0.15) is 46.0 Å². The quantitative estimate of drug-likeness (QED) is 0.565. The smallest absolute Gasteiger partial charge is 0.110 e. The predicted octanol–water partition coefficient (Wildman–Crippen LogP) is 2.25. The molecule has 3 atom stereocenters. The molecule has 0 aromatic carbocycles. The van der Waals surface area contributed by atoms with Gasteiger partial charge in [-0.3, -0.25) is 0 Å². The van der Waals surface area contributed by atoms with Crippen molar-refractivity contribution < 1.29 is 16.3 Å². The fourth-order valence-corrected chi connectivity index (χ4v) is 2.25. The molecule has 0 aromatic heterocycles. The van der Waals surface area contributed by atoms with Crippen molar-refractivity contribution in [3.8, 4) is 0 Å². The summed E-state index contributed by atoms with van der Waals surface area (Å²) >= 11 is 3.51. The Kier molecular flexibility index (Phi) is 10.2. The van der Waals surface area contributed by atoms with E-state index in [4.69, 9.17) is 6.13 Å². The number of aliphatic hydroxyl groups is 2. The van der Waals surface area contributed by atoms with Crippen LogP contribution >= 0.6 is 46.0 Å². The fraction of sp³-hybridized carbons (Fsp3) is 1.00. The Bertz CT molecular complexity index is 157. The van der Waals surface area contributed by atoms with Crippen LogP contribution in [0.5, 0.6) is 0 Å². The molecule has 0 radical (unpaired) electrons. The lowest BCUT2D eigenvalue weighted by atomic mass is 9.98. The number of halogens is 2. The van der Waals surface area contributed by atoms with Crippen LogP contribution in [0.3, 0.4) is 0 Å². The van der Waals surface area contributed by atoms with Gasteiger partial charge in [-0.05, 0) is 12.3 Å². The summed E-state index contributed by atoms with van der Waals surface area (Å²) in [7, 11) is 0. The third-order valence-electron chi connectivity index (χ3n) is 2.02. The van der Waals surface area contributed by atoms with E-state index in [0.29, 0.717) is 5.92 Å². The van der Waals surface area contributed by atoms with Gasteiger partial charge in [0, 0.05) is 6.42 Å². The second-order valence-electron chi connectivity index (χ2n) is 3.99. The van der Waals surface area contributed by atoms with Crippen LogP contribution in [0.1, 0.15) is 26.7 Å². The van der Waals surface area contributed by atoms with E-state index in [0.717, 1.165) is 6.42 Å². The lowest BCUT2D eigenvalue weighted by molar-refractivity contribution is 0.00179. The van der Waals surface area contributed by atoms with Crippen LogP contribution < -0.4 is 0 Å². The first kappa shape index (κ1) is 16.3. The van der Waals surface area contributed by atoms with Gasteiger partial charge in [-0.15, -0.1) is 0 Å². The minimum atomic E-state index is -0.647. The predicted molar refractivity (Wildman–Crippen MR) is 75.0 cm³/mol. The maximum Gasteiger partial charge on any atom is 0.110 e. The molecule has 0 spiro atoms. The van der Waals surface area contributed by atoms with Gasteiger partial charge in [0.25, 0.3) is 0 Å². The van der Waals surface area contributed by atoms with E-state index in [-0.39, 0.29) is 19.1 Å². The van der Waals surface area contributed by atoms with Crippen molar-refractivity contribution in [3.05, 3.63) is 0 Å². The second-order valence-corrected chi connectivity index (χ2v) is 5.12. The second kappa shape index (κ2) is 9.34. The molecular formula is C9H18I2O4. The van der Waals surface area contributed by atoms with Crippen molar-refractivity contribution >= 4 is 46.0 Å². The van der Waals surface area contributed by atoms with Crippen molar-refractivity contribution in [1.82, 2.24) is 0 Å². The highest BCUT2D eigenvalue weighted by atomic mass is 127. The van der Waals surface area contributed by atoms with Crippen molar-refractivity contribution in [2.75, 3.05) is 6.61 Å². The molecule has 0 saturated heterocycles. The lowest BCUT2D eigenvalue weighted by Gasteiger charge is -2.23. The van der Waals surface area contributed by atoms with Crippen LogP contribution in [0.15, 0.2) is 0 Å². The topological polar surface area (TPSA) is 58.9 Å². The molecule has 15 heavy (non-hydrogen) atoms. The van der Waals surface area contributed by atoms with E-state index < -0.39 is 12.2 Å². The first-order chi connectivity index (χ1) is 7.01. The Balaban J connectivity index is 3.97. The molecule has 92 valence electrons. The molecular weight excluding hydrogens is 426 g/mol. The summed E-state index contributed by atoms with van der Waals surface area (Å²) < 4.78 is 9.93. The van der Waals surface area contributed by atoms with Gasteiger partial charge in [0.05, 0.1) is 24.9 Å². The maximum absolute atomic E-state index is 9.81. The zero-order chi connectivity index (χ0) is 11.8. The van der Waals surface area contributed by atoms with E-state index in [1.807, 2.05) is 0 Å². The fourth-order valence-electron chi connectivity index (χ4n) is 1.29. The highest BCUT2D eigenvalue weighted by Gasteiger charge is 2.23. The van der Waals surface area contributed by atoms with E-state index in [2.05, 4.69) is 13.8 Å². The number of rotatable bonds is 8. The van der Waals surface area contributed by atoms with E-state index in [9.17, 15) is 10.2 Å². The Labute approximate surface area is 119 Å². The van der Waals surface area contributed by atoms with E-state index in [1.165, 1.54) is 0 Å². The van der Waals surface area contributed by atoms with Crippen molar-refractivity contribution in [1.29, 1.82) is 0 Å². The van der Waals surface area contributed by atoms with Gasteiger partial charge >= 0.3 is 0 Å². The molecule has 0 aliphatic carbocycles. The summed E-state index contributed by atoms with van der Waals surface area (Å²) in [5.74, 6) is 0.456. The van der Waals surface area contributed by atoms with Crippen LogP contribution in [0.25, 0.3) is 0 Å². The Morgan fingerprint density at radius 1 is 1.13 bits per heavy atom. The highest BCUT2D eigenvalue weighted by Crippen LogP contribution is 2.18. The molecule has 6 heteroatoms. The van der Waals surface area contributed by atoms with Gasteiger partial charge in [0.2, 0.25) is 0 Å². The van der Waals surface area contributed by atoms with Gasteiger partial charge < -0.3 is 16.3 Å². The first-order valence-corrected chi connectivity index (χ1v) is 6.64. The number of aliphatic hydroxyl groups excluding tert-OH is 2. The molecule has 0 aliphatic heterocycles.